The summed E-state index contributed by atoms with van der Waals surface area (Å²) in [6.07, 6.45) is 2.15. The van der Waals surface area contributed by atoms with E-state index in [0.717, 1.165) is 17.9 Å². The van der Waals surface area contributed by atoms with Gasteiger partial charge in [0.15, 0.2) is 5.12 Å². The summed E-state index contributed by atoms with van der Waals surface area (Å²) in [7, 11) is 0. The van der Waals surface area contributed by atoms with Crippen LogP contribution in [-0.4, -0.2) is 52.8 Å². The summed E-state index contributed by atoms with van der Waals surface area (Å²) in [5.74, 6) is 1.000. The van der Waals surface area contributed by atoms with Crippen molar-refractivity contribution in [1.82, 2.24) is 0 Å². The Labute approximate surface area is 151 Å². The molecule has 138 valence electrons. The minimum absolute atomic E-state index is 0.101. The average molecular weight is 379 g/mol. The number of thioether (sulfide) groups is 2. The molecule has 1 heterocycles. The molecule has 24 heavy (non-hydrogen) atoms. The molecule has 1 aliphatic heterocycles. The van der Waals surface area contributed by atoms with Gasteiger partial charge in [-0.05, 0) is 12.2 Å². The molecular weight excluding hydrogens is 352 g/mol. The van der Waals surface area contributed by atoms with E-state index >= 15 is 0 Å². The summed E-state index contributed by atoms with van der Waals surface area (Å²) >= 11 is 3.01. The minimum atomic E-state index is -0.352. The van der Waals surface area contributed by atoms with Gasteiger partial charge in [-0.1, -0.05) is 18.7 Å². The van der Waals surface area contributed by atoms with Crippen molar-refractivity contribution in [2.24, 2.45) is 0 Å². The standard InChI is InChI=1S/C16H26O6S2/c1-4-15(19)23-6-5-7-24-16-9-13(21-12(3)18)8-14(22-16)10-20-11(2)17/h13-14,16H,4-10H2,1-3H3/t13-,14-,16-/m0/s1. The van der Waals surface area contributed by atoms with Crippen LogP contribution in [0, 0.1) is 0 Å². The normalized spacial score (nSPS) is 23.5. The van der Waals surface area contributed by atoms with E-state index in [1.54, 1.807) is 11.8 Å². The lowest BCUT2D eigenvalue weighted by Gasteiger charge is -2.34. The van der Waals surface area contributed by atoms with Gasteiger partial charge >= 0.3 is 11.9 Å². The Hall–Kier alpha value is -0.730. The lowest BCUT2D eigenvalue weighted by atomic mass is 10.1. The Morgan fingerprint density at radius 1 is 1.12 bits per heavy atom. The van der Waals surface area contributed by atoms with E-state index < -0.39 is 0 Å². The van der Waals surface area contributed by atoms with Gasteiger partial charge in [0.25, 0.3) is 0 Å². The van der Waals surface area contributed by atoms with Crippen LogP contribution in [0.2, 0.25) is 0 Å². The maximum absolute atomic E-state index is 11.2. The lowest BCUT2D eigenvalue weighted by Crippen LogP contribution is -2.39. The van der Waals surface area contributed by atoms with Gasteiger partial charge in [-0.2, -0.15) is 0 Å². The lowest BCUT2D eigenvalue weighted by molar-refractivity contribution is -0.162. The van der Waals surface area contributed by atoms with Crippen LogP contribution in [0.4, 0.5) is 0 Å². The first-order valence-corrected chi connectivity index (χ1v) is 10.2. The Morgan fingerprint density at radius 3 is 2.50 bits per heavy atom. The molecule has 1 saturated heterocycles. The number of carbonyl (C=O) groups is 3. The molecule has 0 saturated carbocycles. The molecule has 0 radical (unpaired) electrons. The second kappa shape index (κ2) is 11.8. The minimum Gasteiger partial charge on any atom is -0.463 e. The summed E-state index contributed by atoms with van der Waals surface area (Å²) < 4.78 is 16.2. The van der Waals surface area contributed by atoms with Crippen LogP contribution >= 0.6 is 23.5 Å². The van der Waals surface area contributed by atoms with E-state index in [4.69, 9.17) is 14.2 Å². The van der Waals surface area contributed by atoms with E-state index in [-0.39, 0.29) is 41.3 Å². The summed E-state index contributed by atoms with van der Waals surface area (Å²) in [4.78, 5) is 33.4. The van der Waals surface area contributed by atoms with Gasteiger partial charge in [-0.25, -0.2) is 0 Å². The van der Waals surface area contributed by atoms with E-state index in [2.05, 4.69) is 0 Å². The molecule has 0 aromatic heterocycles. The Kier molecular flexibility index (Phi) is 10.4. The van der Waals surface area contributed by atoms with Crippen molar-refractivity contribution in [3.05, 3.63) is 0 Å². The van der Waals surface area contributed by atoms with Crippen LogP contribution in [0.15, 0.2) is 0 Å². The fraction of sp³-hybridized carbons (Fsp3) is 0.812. The fourth-order valence-electron chi connectivity index (χ4n) is 2.25. The van der Waals surface area contributed by atoms with Crippen molar-refractivity contribution in [2.75, 3.05) is 18.1 Å². The highest BCUT2D eigenvalue weighted by Crippen LogP contribution is 2.30. The van der Waals surface area contributed by atoms with Crippen molar-refractivity contribution in [3.8, 4) is 0 Å². The van der Waals surface area contributed by atoms with Crippen LogP contribution in [0.25, 0.3) is 0 Å². The first-order chi connectivity index (χ1) is 11.4. The Balaban J connectivity index is 2.38. The van der Waals surface area contributed by atoms with Crippen LogP contribution < -0.4 is 0 Å². The third kappa shape index (κ3) is 9.54. The number of hydrogen-bond donors (Lipinski definition) is 0. The smallest absolute Gasteiger partial charge is 0.302 e. The quantitative estimate of drug-likeness (QED) is 0.448. The highest BCUT2D eigenvalue weighted by molar-refractivity contribution is 8.13. The van der Waals surface area contributed by atoms with Crippen molar-refractivity contribution in [1.29, 1.82) is 0 Å². The number of carbonyl (C=O) groups excluding carboxylic acids is 3. The third-order valence-corrected chi connectivity index (χ3v) is 5.58. The molecular formula is C16H26O6S2. The molecule has 0 N–H and O–H groups in total. The van der Waals surface area contributed by atoms with E-state index in [1.807, 2.05) is 6.92 Å². The summed E-state index contributed by atoms with van der Waals surface area (Å²) in [6.45, 7) is 4.78. The van der Waals surface area contributed by atoms with Crippen molar-refractivity contribution in [3.63, 3.8) is 0 Å². The predicted molar refractivity (Wildman–Crippen MR) is 94.9 cm³/mol. The molecule has 1 rings (SSSR count). The molecule has 6 nitrogen and oxygen atoms in total. The highest BCUT2D eigenvalue weighted by atomic mass is 32.2. The number of rotatable bonds is 9. The Bertz CT molecular complexity index is 429. The fourth-order valence-corrected chi connectivity index (χ4v) is 4.31. The van der Waals surface area contributed by atoms with E-state index in [9.17, 15) is 14.4 Å². The number of ether oxygens (including phenoxy) is 3. The average Bonchev–Trinajstić information content (AvgIpc) is 2.51. The zero-order valence-electron chi connectivity index (χ0n) is 14.4. The molecule has 8 heteroatoms. The van der Waals surface area contributed by atoms with Crippen molar-refractivity contribution in [2.45, 2.75) is 64.1 Å². The largest absolute Gasteiger partial charge is 0.463 e. The van der Waals surface area contributed by atoms with E-state index in [0.29, 0.717) is 19.3 Å². The van der Waals surface area contributed by atoms with Gasteiger partial charge in [0, 0.05) is 38.9 Å². The summed E-state index contributed by atoms with van der Waals surface area (Å²) in [6, 6.07) is 0. The molecule has 0 aliphatic carbocycles. The van der Waals surface area contributed by atoms with Gasteiger partial charge < -0.3 is 14.2 Å². The molecule has 0 spiro atoms. The molecule has 0 bridgehead atoms. The van der Waals surface area contributed by atoms with Crippen LogP contribution in [-0.2, 0) is 28.6 Å². The second-order valence-corrected chi connectivity index (χ2v) is 7.91. The summed E-state index contributed by atoms with van der Waals surface area (Å²) in [5, 5.41) is 0.213. The van der Waals surface area contributed by atoms with Crippen LogP contribution in [0.1, 0.15) is 46.5 Å². The third-order valence-electron chi connectivity index (χ3n) is 3.27. The van der Waals surface area contributed by atoms with Gasteiger partial charge in [0.2, 0.25) is 0 Å². The first kappa shape index (κ1) is 21.3. The van der Waals surface area contributed by atoms with Gasteiger partial charge in [-0.15, -0.1) is 11.8 Å². The molecule has 0 aromatic rings. The monoisotopic (exact) mass is 378 g/mol. The molecule has 3 atom stereocenters. The summed E-state index contributed by atoms with van der Waals surface area (Å²) in [5.41, 5.74) is -0.101. The number of hydrogen-bond acceptors (Lipinski definition) is 8. The van der Waals surface area contributed by atoms with Gasteiger partial charge in [0.05, 0.1) is 6.10 Å². The Morgan fingerprint density at radius 2 is 1.88 bits per heavy atom. The highest BCUT2D eigenvalue weighted by Gasteiger charge is 2.32. The molecule has 1 fully saturated rings. The van der Waals surface area contributed by atoms with Crippen LogP contribution in [0.5, 0.6) is 0 Å². The molecule has 1 aliphatic rings. The zero-order chi connectivity index (χ0) is 17.9. The molecule has 0 amide bonds. The topological polar surface area (TPSA) is 78.9 Å². The van der Waals surface area contributed by atoms with Crippen LogP contribution in [0.3, 0.4) is 0 Å². The molecule has 0 aromatic carbocycles. The molecule has 0 unspecified atom stereocenters. The van der Waals surface area contributed by atoms with Gasteiger partial charge in [0.1, 0.15) is 18.1 Å². The maximum atomic E-state index is 11.2. The first-order valence-electron chi connectivity index (χ1n) is 8.14. The predicted octanol–water partition coefficient (Wildman–Crippen LogP) is 2.78. The SMILES string of the molecule is CCC(=O)SCCCS[C@H]1C[C@@H](OC(C)=O)C[C@@H](COC(C)=O)O1. The van der Waals surface area contributed by atoms with Crippen molar-refractivity contribution < 1.29 is 28.6 Å². The van der Waals surface area contributed by atoms with Crippen molar-refractivity contribution >= 4 is 40.6 Å². The van der Waals surface area contributed by atoms with Gasteiger partial charge in [-0.3, -0.25) is 14.4 Å². The second-order valence-electron chi connectivity index (χ2n) is 5.49. The van der Waals surface area contributed by atoms with E-state index in [1.165, 1.54) is 25.6 Å². The number of esters is 2. The maximum Gasteiger partial charge on any atom is 0.302 e. The zero-order valence-corrected chi connectivity index (χ0v) is 16.1.